The molecule has 0 spiro atoms. The van der Waals surface area contributed by atoms with Crippen molar-refractivity contribution in [1.82, 2.24) is 4.57 Å². The number of anilines is 1. The van der Waals surface area contributed by atoms with E-state index in [0.29, 0.717) is 28.7 Å². The van der Waals surface area contributed by atoms with Crippen molar-refractivity contribution in [2.45, 2.75) is 27.3 Å². The summed E-state index contributed by atoms with van der Waals surface area (Å²) in [7, 11) is 1.43. The Morgan fingerprint density at radius 2 is 1.75 bits per heavy atom. The summed E-state index contributed by atoms with van der Waals surface area (Å²) < 4.78 is 1.52. The van der Waals surface area contributed by atoms with E-state index in [9.17, 15) is 19.8 Å². The third kappa shape index (κ3) is 3.45. The van der Waals surface area contributed by atoms with Gasteiger partial charge in [-0.3, -0.25) is 14.3 Å². The molecule has 0 unspecified atom stereocenters. The standard InChI is InChI=1S/C22H24N2O4/c1-13(2)12-24-20(23(4)22(27)28)19(15-7-5-14(3)6-8-15)18-11-16(25)9-10-17(18)21(24)26/h5-11,13,25H,12H2,1-4H3,(H,27,28). The van der Waals surface area contributed by atoms with Gasteiger partial charge in [0.15, 0.2) is 0 Å². The number of phenolic OH excluding ortho intramolecular Hbond substituents is 1. The summed E-state index contributed by atoms with van der Waals surface area (Å²) in [6.07, 6.45) is -1.16. The summed E-state index contributed by atoms with van der Waals surface area (Å²) >= 11 is 0. The first-order valence-corrected chi connectivity index (χ1v) is 9.14. The van der Waals surface area contributed by atoms with E-state index in [2.05, 4.69) is 0 Å². The number of pyridine rings is 1. The van der Waals surface area contributed by atoms with Crippen LogP contribution in [0.3, 0.4) is 0 Å². The smallest absolute Gasteiger partial charge is 0.412 e. The number of rotatable bonds is 4. The minimum absolute atomic E-state index is 0.0193. The Balaban J connectivity index is 2.54. The Bertz CT molecular complexity index is 1100. The second-order valence-corrected chi connectivity index (χ2v) is 7.45. The first-order valence-electron chi connectivity index (χ1n) is 9.14. The minimum Gasteiger partial charge on any atom is -0.508 e. The van der Waals surface area contributed by atoms with Crippen LogP contribution < -0.4 is 10.5 Å². The summed E-state index contributed by atoms with van der Waals surface area (Å²) in [6.45, 7) is 6.30. The second-order valence-electron chi connectivity index (χ2n) is 7.45. The second kappa shape index (κ2) is 7.38. The highest BCUT2D eigenvalue weighted by atomic mass is 16.4. The fourth-order valence-electron chi connectivity index (χ4n) is 3.40. The largest absolute Gasteiger partial charge is 0.508 e. The Kier molecular flexibility index (Phi) is 5.14. The molecule has 0 fully saturated rings. The van der Waals surface area contributed by atoms with Gasteiger partial charge in [-0.1, -0.05) is 43.7 Å². The lowest BCUT2D eigenvalue weighted by molar-refractivity contribution is 0.203. The molecule has 28 heavy (non-hydrogen) atoms. The number of phenols is 1. The van der Waals surface area contributed by atoms with Crippen molar-refractivity contribution in [1.29, 1.82) is 0 Å². The van der Waals surface area contributed by atoms with Crippen LogP contribution in [0.15, 0.2) is 47.3 Å². The maximum Gasteiger partial charge on any atom is 0.412 e. The quantitative estimate of drug-likeness (QED) is 0.700. The van der Waals surface area contributed by atoms with Crippen molar-refractivity contribution >= 4 is 22.7 Å². The molecule has 0 saturated carbocycles. The lowest BCUT2D eigenvalue weighted by Gasteiger charge is -2.25. The number of fused-ring (bicyclic) bond motifs is 1. The average molecular weight is 380 g/mol. The van der Waals surface area contributed by atoms with Gasteiger partial charge in [0.1, 0.15) is 11.6 Å². The number of hydrogen-bond acceptors (Lipinski definition) is 3. The molecule has 146 valence electrons. The minimum atomic E-state index is -1.16. The SMILES string of the molecule is Cc1ccc(-c2c(N(C)C(=O)O)n(CC(C)C)c(=O)c3ccc(O)cc23)cc1. The van der Waals surface area contributed by atoms with Crippen LogP contribution in [0, 0.1) is 12.8 Å². The van der Waals surface area contributed by atoms with Gasteiger partial charge in [0, 0.05) is 29.9 Å². The number of carboxylic acid groups (broad SMARTS) is 1. The van der Waals surface area contributed by atoms with Crippen molar-refractivity contribution in [3.63, 3.8) is 0 Å². The molecule has 0 radical (unpaired) electrons. The number of aromatic nitrogens is 1. The monoisotopic (exact) mass is 380 g/mol. The summed E-state index contributed by atoms with van der Waals surface area (Å²) in [5, 5.41) is 20.7. The molecule has 0 aliphatic rings. The summed E-state index contributed by atoms with van der Waals surface area (Å²) in [6, 6.07) is 12.3. The number of aryl methyl sites for hydroxylation is 1. The molecule has 1 aromatic heterocycles. The van der Waals surface area contributed by atoms with Crippen LogP contribution in [-0.2, 0) is 6.54 Å². The van der Waals surface area contributed by atoms with Crippen molar-refractivity contribution in [3.05, 3.63) is 58.4 Å². The molecule has 6 nitrogen and oxygen atoms in total. The lowest BCUT2D eigenvalue weighted by atomic mass is 9.97. The predicted octanol–water partition coefficient (Wildman–Crippen LogP) is 4.45. The van der Waals surface area contributed by atoms with Gasteiger partial charge < -0.3 is 10.2 Å². The Morgan fingerprint density at radius 3 is 2.32 bits per heavy atom. The highest BCUT2D eigenvalue weighted by molar-refractivity contribution is 6.05. The van der Waals surface area contributed by atoms with Crippen molar-refractivity contribution in [2.24, 2.45) is 5.92 Å². The number of hydrogen-bond donors (Lipinski definition) is 2. The molecule has 0 saturated heterocycles. The van der Waals surface area contributed by atoms with E-state index in [0.717, 1.165) is 16.0 Å². The van der Waals surface area contributed by atoms with Crippen molar-refractivity contribution < 1.29 is 15.0 Å². The fraction of sp³-hybridized carbons (Fsp3) is 0.273. The fourth-order valence-corrected chi connectivity index (χ4v) is 3.40. The van der Waals surface area contributed by atoms with Gasteiger partial charge in [0.25, 0.3) is 5.56 Å². The molecule has 0 aliphatic carbocycles. The molecule has 0 bridgehead atoms. The van der Waals surface area contributed by atoms with Gasteiger partial charge in [-0.05, 0) is 36.6 Å². The molecule has 3 aromatic rings. The highest BCUT2D eigenvalue weighted by Gasteiger charge is 2.24. The zero-order valence-electron chi connectivity index (χ0n) is 16.4. The van der Waals surface area contributed by atoms with E-state index in [1.54, 1.807) is 6.07 Å². The molecule has 0 atom stereocenters. The average Bonchev–Trinajstić information content (AvgIpc) is 2.63. The van der Waals surface area contributed by atoms with Gasteiger partial charge in [0.05, 0.1) is 0 Å². The van der Waals surface area contributed by atoms with Gasteiger partial charge in [-0.15, -0.1) is 0 Å². The maximum absolute atomic E-state index is 13.2. The van der Waals surface area contributed by atoms with Crippen LogP contribution in [0.5, 0.6) is 5.75 Å². The van der Waals surface area contributed by atoms with Crippen molar-refractivity contribution in [3.8, 4) is 16.9 Å². The summed E-state index contributed by atoms with van der Waals surface area (Å²) in [5.41, 5.74) is 2.18. The van der Waals surface area contributed by atoms with Crippen LogP contribution in [0.4, 0.5) is 10.6 Å². The van der Waals surface area contributed by atoms with Gasteiger partial charge in [-0.25, -0.2) is 4.79 Å². The maximum atomic E-state index is 13.2. The topological polar surface area (TPSA) is 82.8 Å². The van der Waals surface area contributed by atoms with E-state index < -0.39 is 6.09 Å². The molecule has 0 aliphatic heterocycles. The molecule has 2 aromatic carbocycles. The third-order valence-electron chi connectivity index (χ3n) is 4.72. The van der Waals surface area contributed by atoms with Crippen LogP contribution in [0.1, 0.15) is 19.4 Å². The van der Waals surface area contributed by atoms with Crippen LogP contribution >= 0.6 is 0 Å². The molecular weight excluding hydrogens is 356 g/mol. The molecule has 6 heteroatoms. The molecule has 2 N–H and O–H groups in total. The highest BCUT2D eigenvalue weighted by Crippen LogP contribution is 2.37. The van der Waals surface area contributed by atoms with Crippen LogP contribution in [0.25, 0.3) is 21.9 Å². The first-order chi connectivity index (χ1) is 13.2. The lowest BCUT2D eigenvalue weighted by Crippen LogP contribution is -2.34. The van der Waals surface area contributed by atoms with E-state index >= 15 is 0 Å². The van der Waals surface area contributed by atoms with E-state index in [-0.39, 0.29) is 17.2 Å². The van der Waals surface area contributed by atoms with Crippen molar-refractivity contribution in [2.75, 3.05) is 11.9 Å². The first kappa shape index (κ1) is 19.5. The van der Waals surface area contributed by atoms with Gasteiger partial charge >= 0.3 is 6.09 Å². The number of aromatic hydroxyl groups is 1. The zero-order chi connectivity index (χ0) is 20.6. The predicted molar refractivity (Wildman–Crippen MR) is 111 cm³/mol. The number of carbonyl (C=O) groups is 1. The Labute approximate surface area is 163 Å². The van der Waals surface area contributed by atoms with E-state index in [4.69, 9.17) is 0 Å². The molecule has 3 rings (SSSR count). The molecular formula is C22H24N2O4. The van der Waals surface area contributed by atoms with Crippen LogP contribution in [-0.4, -0.2) is 27.9 Å². The zero-order valence-corrected chi connectivity index (χ0v) is 16.4. The van der Waals surface area contributed by atoms with Crippen LogP contribution in [0.2, 0.25) is 0 Å². The Hall–Kier alpha value is -3.28. The van der Waals surface area contributed by atoms with Gasteiger partial charge in [0.2, 0.25) is 0 Å². The molecule has 1 heterocycles. The summed E-state index contributed by atoms with van der Waals surface area (Å²) in [5.74, 6) is 0.457. The number of benzene rings is 2. The normalized spacial score (nSPS) is 11.2. The summed E-state index contributed by atoms with van der Waals surface area (Å²) in [4.78, 5) is 26.1. The number of nitrogens with zero attached hydrogens (tertiary/aromatic N) is 2. The third-order valence-corrected chi connectivity index (χ3v) is 4.72. The molecule has 1 amide bonds. The Morgan fingerprint density at radius 1 is 1.11 bits per heavy atom. The van der Waals surface area contributed by atoms with E-state index in [1.165, 1.54) is 23.7 Å². The number of amides is 1. The van der Waals surface area contributed by atoms with Gasteiger partial charge in [-0.2, -0.15) is 0 Å². The van der Waals surface area contributed by atoms with E-state index in [1.807, 2.05) is 45.0 Å².